The Morgan fingerprint density at radius 3 is 1.66 bits per heavy atom. The van der Waals surface area contributed by atoms with E-state index >= 15 is 0 Å². The van der Waals surface area contributed by atoms with Gasteiger partial charge in [-0.1, -0.05) is 212 Å². The summed E-state index contributed by atoms with van der Waals surface area (Å²) in [6, 6.07) is 82.2. The minimum Gasteiger partial charge on any atom is -0.366 e. The molecule has 9 aromatic carbocycles. The minimum absolute atomic E-state index is 0.0350. The second kappa shape index (κ2) is 14.6. The summed E-state index contributed by atoms with van der Waals surface area (Å²) < 4.78 is 0. The van der Waals surface area contributed by atoms with Crippen molar-refractivity contribution in [2.45, 2.75) is 17.6 Å². The number of hydrogen-bond acceptors (Lipinski definition) is 2. The Morgan fingerprint density at radius 1 is 0.407 bits per heavy atom. The second-order valence-electron chi connectivity index (χ2n) is 15.7. The lowest BCUT2D eigenvalue weighted by Crippen LogP contribution is -2.40. The van der Waals surface area contributed by atoms with Crippen LogP contribution in [0.2, 0.25) is 0 Å². The van der Waals surface area contributed by atoms with Crippen LogP contribution in [0.5, 0.6) is 0 Å². The van der Waals surface area contributed by atoms with Crippen LogP contribution < -0.4 is 10.6 Å². The lowest BCUT2D eigenvalue weighted by molar-refractivity contribution is 0.442. The van der Waals surface area contributed by atoms with Crippen LogP contribution in [0.4, 0.5) is 0 Å². The van der Waals surface area contributed by atoms with E-state index in [0.29, 0.717) is 0 Å². The molecule has 9 aromatic rings. The first kappa shape index (κ1) is 34.9. The number of benzene rings is 9. The van der Waals surface area contributed by atoms with E-state index in [2.05, 4.69) is 241 Å². The molecule has 2 atom stereocenters. The maximum atomic E-state index is 4.06. The van der Waals surface area contributed by atoms with Gasteiger partial charge in [-0.15, -0.1) is 0 Å². The van der Waals surface area contributed by atoms with E-state index in [4.69, 9.17) is 0 Å². The molecular weight excluding hydrogens is 713 g/mol. The van der Waals surface area contributed by atoms with Gasteiger partial charge in [0.2, 0.25) is 0 Å². The lowest BCUT2D eigenvalue weighted by atomic mass is 9.66. The van der Waals surface area contributed by atoms with Gasteiger partial charge >= 0.3 is 0 Å². The smallest absolute Gasteiger partial charge is 0.104 e. The monoisotopic (exact) mass is 754 g/mol. The van der Waals surface area contributed by atoms with E-state index in [1.165, 1.54) is 83.1 Å². The Balaban J connectivity index is 1.15. The normalized spacial score (nSPS) is 16.4. The number of nitrogens with one attached hydrogen (secondary N) is 2. The second-order valence-corrected chi connectivity index (χ2v) is 15.7. The largest absolute Gasteiger partial charge is 0.366 e. The summed E-state index contributed by atoms with van der Waals surface area (Å²) in [5.41, 5.74) is 16.7. The molecule has 1 aliphatic heterocycles. The molecule has 2 nitrogen and oxygen atoms in total. The fourth-order valence-corrected chi connectivity index (χ4v) is 9.76. The van der Waals surface area contributed by atoms with Gasteiger partial charge in [-0.3, -0.25) is 5.32 Å². The topological polar surface area (TPSA) is 24.1 Å². The van der Waals surface area contributed by atoms with Gasteiger partial charge in [-0.05, 0) is 101 Å². The van der Waals surface area contributed by atoms with Gasteiger partial charge in [0.05, 0.1) is 11.5 Å². The van der Waals surface area contributed by atoms with E-state index in [0.717, 1.165) is 5.70 Å². The van der Waals surface area contributed by atoms with Gasteiger partial charge in [0.1, 0.15) is 6.17 Å². The van der Waals surface area contributed by atoms with Crippen molar-refractivity contribution in [1.82, 2.24) is 10.6 Å². The minimum atomic E-state index is -0.593. The molecule has 2 heteroatoms. The third kappa shape index (κ3) is 5.92. The van der Waals surface area contributed by atoms with Crippen molar-refractivity contribution in [1.29, 1.82) is 0 Å². The van der Waals surface area contributed by atoms with Gasteiger partial charge in [0.25, 0.3) is 0 Å². The van der Waals surface area contributed by atoms with Gasteiger partial charge in [0.15, 0.2) is 0 Å². The number of fused-ring (bicyclic) bond motifs is 5. The van der Waals surface area contributed by atoms with E-state index in [1.807, 2.05) is 0 Å². The Bertz CT molecular complexity index is 2930. The fourth-order valence-electron chi connectivity index (χ4n) is 9.76. The molecule has 1 heterocycles. The molecular formula is C57H42N2. The van der Waals surface area contributed by atoms with Crippen LogP contribution in [0, 0.1) is 0 Å². The van der Waals surface area contributed by atoms with Crippen LogP contribution in [0.25, 0.3) is 49.9 Å². The highest BCUT2D eigenvalue weighted by molar-refractivity contribution is 6.06. The molecule has 0 spiro atoms. The number of hydrogen-bond donors (Lipinski definition) is 2. The van der Waals surface area contributed by atoms with Crippen LogP contribution in [0.1, 0.15) is 51.2 Å². The van der Waals surface area contributed by atoms with Crippen molar-refractivity contribution < 1.29 is 0 Å². The Morgan fingerprint density at radius 2 is 0.983 bits per heavy atom. The summed E-state index contributed by atoms with van der Waals surface area (Å²) in [6.45, 7) is 0. The van der Waals surface area contributed by atoms with E-state index in [1.54, 1.807) is 0 Å². The first-order valence-electron chi connectivity index (χ1n) is 20.6. The molecule has 0 radical (unpaired) electrons. The molecule has 2 N–H and O–H groups in total. The molecule has 11 rings (SSSR count). The summed E-state index contributed by atoms with van der Waals surface area (Å²) in [5.74, 6) is 0. The first-order valence-corrected chi connectivity index (χ1v) is 20.6. The van der Waals surface area contributed by atoms with Crippen LogP contribution in [-0.4, -0.2) is 0 Å². The average Bonchev–Trinajstić information content (AvgIpc) is 3.64. The van der Waals surface area contributed by atoms with Crippen molar-refractivity contribution >= 4 is 16.5 Å². The fraction of sp³-hybridized carbons (Fsp3) is 0.0526. The molecule has 0 bridgehead atoms. The average molecular weight is 755 g/mol. The third-order valence-electron chi connectivity index (χ3n) is 12.4. The van der Waals surface area contributed by atoms with Crippen LogP contribution in [0.3, 0.4) is 0 Å². The molecule has 0 aromatic heterocycles. The molecule has 0 fully saturated rings. The zero-order valence-electron chi connectivity index (χ0n) is 32.6. The summed E-state index contributed by atoms with van der Waals surface area (Å²) in [5, 5.41) is 10.5. The zero-order valence-corrected chi connectivity index (χ0v) is 32.6. The standard InChI is InChI=1S/C57H42N2/c1-6-19-39(20-7-1)42-26-18-27-44(35-42)53-38-52(41-23-10-3-11-24-41)58-56(59-53)45-33-34-49-51(37-45)57(46-28-12-4-13-29-46,47-30-14-5-15-31-47)55-48-32-17-16-25-43(48)36-50(54(49)55)40-21-8-2-9-22-40/h1-38,53,56,58-59H. The predicted molar refractivity (Wildman–Crippen MR) is 245 cm³/mol. The number of rotatable bonds is 7. The molecule has 1 aliphatic carbocycles. The summed E-state index contributed by atoms with van der Waals surface area (Å²) in [4.78, 5) is 0. The van der Waals surface area contributed by atoms with E-state index in [-0.39, 0.29) is 12.2 Å². The van der Waals surface area contributed by atoms with E-state index < -0.39 is 5.41 Å². The Kier molecular flexibility index (Phi) is 8.65. The van der Waals surface area contributed by atoms with Crippen molar-refractivity contribution in [2.75, 3.05) is 0 Å². The third-order valence-corrected chi connectivity index (χ3v) is 12.4. The van der Waals surface area contributed by atoms with Crippen molar-refractivity contribution in [3.05, 3.63) is 269 Å². The maximum absolute atomic E-state index is 4.06. The van der Waals surface area contributed by atoms with Crippen LogP contribution in [0.15, 0.2) is 231 Å². The molecule has 0 saturated carbocycles. The molecule has 59 heavy (non-hydrogen) atoms. The van der Waals surface area contributed by atoms with Crippen molar-refractivity contribution in [3.63, 3.8) is 0 Å². The van der Waals surface area contributed by atoms with E-state index in [9.17, 15) is 0 Å². The summed E-state index contributed by atoms with van der Waals surface area (Å²) >= 11 is 0. The van der Waals surface area contributed by atoms with Gasteiger partial charge < -0.3 is 5.32 Å². The quantitative estimate of drug-likeness (QED) is 0.169. The molecule has 2 aliphatic rings. The molecule has 2 unspecified atom stereocenters. The summed E-state index contributed by atoms with van der Waals surface area (Å²) in [6.07, 6.45) is 2.17. The van der Waals surface area contributed by atoms with Crippen LogP contribution in [-0.2, 0) is 5.41 Å². The predicted octanol–water partition coefficient (Wildman–Crippen LogP) is 13.5. The Labute approximate surface area is 346 Å². The summed E-state index contributed by atoms with van der Waals surface area (Å²) in [7, 11) is 0. The zero-order chi connectivity index (χ0) is 39.2. The van der Waals surface area contributed by atoms with Gasteiger partial charge in [0, 0.05) is 5.70 Å². The van der Waals surface area contributed by atoms with Gasteiger partial charge in [-0.2, -0.15) is 0 Å². The lowest BCUT2D eigenvalue weighted by Gasteiger charge is -2.36. The highest BCUT2D eigenvalue weighted by Gasteiger charge is 2.48. The highest BCUT2D eigenvalue weighted by atomic mass is 15.2. The molecule has 280 valence electrons. The molecule has 0 saturated heterocycles. The SMILES string of the molecule is C1=C(c2ccccc2)NC(c2ccc3c(c2)C(c2ccccc2)(c2ccccc2)c2c-3c(-c3ccccc3)cc3ccccc23)NC1c1cccc(-c2ccccc2)c1. The highest BCUT2D eigenvalue weighted by Crippen LogP contribution is 2.60. The van der Waals surface area contributed by atoms with Crippen molar-refractivity contribution in [3.8, 4) is 33.4 Å². The molecule has 0 amide bonds. The van der Waals surface area contributed by atoms with Gasteiger partial charge in [-0.25, -0.2) is 0 Å². The van der Waals surface area contributed by atoms with Crippen LogP contribution >= 0.6 is 0 Å². The first-order chi connectivity index (χ1) is 29.3. The Hall–Kier alpha value is -7.26. The maximum Gasteiger partial charge on any atom is 0.104 e. The van der Waals surface area contributed by atoms with Crippen molar-refractivity contribution in [2.24, 2.45) is 0 Å².